The van der Waals surface area contributed by atoms with Crippen LogP contribution in [0.3, 0.4) is 0 Å². The average Bonchev–Trinajstić information content (AvgIpc) is 3.39. The standard InChI is InChI=1S/C23H23N5O5/c1-13(20(30)14-7-17(31-4)21-18(8-14)32-12-33-21)28-22-26-16(15-5-6-24-11-25-15)9-19(29)27(22)10-23(28,2)3/h5-9,11,13H,10,12H2,1-4H3. The van der Waals surface area contributed by atoms with Crippen molar-refractivity contribution in [2.75, 3.05) is 18.8 Å². The minimum Gasteiger partial charge on any atom is -0.493 e. The molecular formula is C23H23N5O5. The van der Waals surface area contributed by atoms with Crippen LogP contribution in [0.5, 0.6) is 17.2 Å². The van der Waals surface area contributed by atoms with Gasteiger partial charge in [-0.15, -0.1) is 0 Å². The number of Topliss-reactive ketones (excluding diaryl/α,β-unsaturated/α-hetero) is 1. The van der Waals surface area contributed by atoms with Gasteiger partial charge in [-0.2, -0.15) is 0 Å². The van der Waals surface area contributed by atoms with E-state index in [9.17, 15) is 9.59 Å². The lowest BCUT2D eigenvalue weighted by atomic mass is 9.97. The van der Waals surface area contributed by atoms with Gasteiger partial charge in [-0.25, -0.2) is 15.0 Å². The minimum atomic E-state index is -0.619. The highest BCUT2D eigenvalue weighted by Gasteiger charge is 2.43. The molecule has 2 aliphatic heterocycles. The van der Waals surface area contributed by atoms with Crippen LogP contribution in [0.25, 0.3) is 11.4 Å². The number of rotatable bonds is 5. The van der Waals surface area contributed by atoms with Crippen LogP contribution in [0, 0.1) is 0 Å². The zero-order chi connectivity index (χ0) is 23.3. The molecule has 1 atom stereocenters. The molecule has 10 heteroatoms. The van der Waals surface area contributed by atoms with E-state index in [2.05, 4.69) is 9.97 Å². The van der Waals surface area contributed by atoms with E-state index in [1.165, 1.54) is 19.5 Å². The van der Waals surface area contributed by atoms with E-state index >= 15 is 0 Å². The third kappa shape index (κ3) is 3.38. The van der Waals surface area contributed by atoms with Gasteiger partial charge in [0.15, 0.2) is 17.3 Å². The summed E-state index contributed by atoms with van der Waals surface area (Å²) in [7, 11) is 1.51. The predicted octanol–water partition coefficient (Wildman–Crippen LogP) is 2.31. The molecule has 0 spiro atoms. The second-order valence-electron chi connectivity index (χ2n) is 8.60. The summed E-state index contributed by atoms with van der Waals surface area (Å²) in [4.78, 5) is 41.3. The number of hydrogen-bond acceptors (Lipinski definition) is 9. The second-order valence-corrected chi connectivity index (χ2v) is 8.60. The van der Waals surface area contributed by atoms with Crippen molar-refractivity contribution in [3.05, 3.63) is 52.7 Å². The Morgan fingerprint density at radius 3 is 2.76 bits per heavy atom. The van der Waals surface area contributed by atoms with Crippen molar-refractivity contribution < 1.29 is 19.0 Å². The Balaban J connectivity index is 1.57. The van der Waals surface area contributed by atoms with Crippen molar-refractivity contribution in [1.29, 1.82) is 0 Å². The maximum absolute atomic E-state index is 13.6. The lowest BCUT2D eigenvalue weighted by molar-refractivity contribution is 0.0955. The summed E-state index contributed by atoms with van der Waals surface area (Å²) >= 11 is 0. The van der Waals surface area contributed by atoms with Gasteiger partial charge in [0.25, 0.3) is 5.56 Å². The van der Waals surface area contributed by atoms with Gasteiger partial charge in [-0.3, -0.25) is 14.2 Å². The Morgan fingerprint density at radius 2 is 2.03 bits per heavy atom. The lowest BCUT2D eigenvalue weighted by Gasteiger charge is -2.36. The van der Waals surface area contributed by atoms with E-state index < -0.39 is 11.6 Å². The van der Waals surface area contributed by atoms with Crippen molar-refractivity contribution in [2.24, 2.45) is 0 Å². The first-order valence-electron chi connectivity index (χ1n) is 10.5. The number of benzene rings is 1. The molecule has 0 fully saturated rings. The van der Waals surface area contributed by atoms with Gasteiger partial charge in [0.05, 0.1) is 36.6 Å². The number of ether oxygens (including phenoxy) is 3. The molecule has 0 radical (unpaired) electrons. The molecule has 170 valence electrons. The minimum absolute atomic E-state index is 0.0735. The molecule has 3 aromatic rings. The van der Waals surface area contributed by atoms with Gasteiger partial charge in [-0.1, -0.05) is 0 Å². The quantitative estimate of drug-likeness (QED) is 0.542. The molecule has 10 nitrogen and oxygen atoms in total. The summed E-state index contributed by atoms with van der Waals surface area (Å²) < 4.78 is 17.9. The maximum Gasteiger partial charge on any atom is 0.255 e. The molecule has 33 heavy (non-hydrogen) atoms. The normalized spacial score (nSPS) is 16.4. The number of ketones is 1. The molecule has 0 amide bonds. The summed E-state index contributed by atoms with van der Waals surface area (Å²) in [6.07, 6.45) is 3.00. The van der Waals surface area contributed by atoms with Crippen LogP contribution in [0.15, 0.2) is 41.6 Å². The Kier molecular flexibility index (Phi) is 4.80. The van der Waals surface area contributed by atoms with E-state index in [1.54, 1.807) is 35.9 Å². The average molecular weight is 449 g/mol. The summed E-state index contributed by atoms with van der Waals surface area (Å²) in [6.45, 7) is 6.25. The van der Waals surface area contributed by atoms with Gasteiger partial charge in [0.1, 0.15) is 6.33 Å². The van der Waals surface area contributed by atoms with Crippen molar-refractivity contribution in [3.63, 3.8) is 0 Å². The molecular weight excluding hydrogens is 426 g/mol. The molecule has 0 saturated carbocycles. The lowest BCUT2D eigenvalue weighted by Crippen LogP contribution is -2.50. The SMILES string of the molecule is COc1cc(C(=O)C(C)N2c3nc(-c4ccncn4)cc(=O)n3CC2(C)C)cc2c1OCO2. The van der Waals surface area contributed by atoms with Crippen LogP contribution in [0.4, 0.5) is 5.95 Å². The molecule has 1 unspecified atom stereocenters. The largest absolute Gasteiger partial charge is 0.493 e. The molecule has 2 aromatic heterocycles. The van der Waals surface area contributed by atoms with Crippen LogP contribution < -0.4 is 24.7 Å². The van der Waals surface area contributed by atoms with Gasteiger partial charge in [0, 0.05) is 17.8 Å². The number of hydrogen-bond donors (Lipinski definition) is 0. The third-order valence-corrected chi connectivity index (χ3v) is 5.95. The fourth-order valence-electron chi connectivity index (χ4n) is 4.46. The molecule has 0 saturated heterocycles. The summed E-state index contributed by atoms with van der Waals surface area (Å²) in [5, 5.41) is 0. The molecule has 1 aromatic carbocycles. The smallest absolute Gasteiger partial charge is 0.255 e. The fraction of sp³-hybridized carbons (Fsp3) is 0.348. The number of fused-ring (bicyclic) bond motifs is 2. The van der Waals surface area contributed by atoms with E-state index in [1.807, 2.05) is 18.7 Å². The second kappa shape index (κ2) is 7.58. The summed E-state index contributed by atoms with van der Waals surface area (Å²) in [5.74, 6) is 1.65. The molecule has 0 bridgehead atoms. The number of methoxy groups -OCH3 is 1. The van der Waals surface area contributed by atoms with E-state index in [4.69, 9.17) is 19.2 Å². The summed E-state index contributed by atoms with van der Waals surface area (Å²) in [5.41, 5.74) is 0.662. The van der Waals surface area contributed by atoms with Gasteiger partial charge in [-0.05, 0) is 39.0 Å². The van der Waals surface area contributed by atoms with Gasteiger partial charge >= 0.3 is 0 Å². The first kappa shape index (κ1) is 20.9. The molecule has 4 heterocycles. The predicted molar refractivity (Wildman–Crippen MR) is 119 cm³/mol. The first-order chi connectivity index (χ1) is 15.8. The maximum atomic E-state index is 13.6. The number of aromatic nitrogens is 4. The van der Waals surface area contributed by atoms with Crippen LogP contribution in [0.1, 0.15) is 31.1 Å². The highest BCUT2D eigenvalue weighted by molar-refractivity contribution is 6.02. The van der Waals surface area contributed by atoms with Crippen molar-refractivity contribution in [3.8, 4) is 28.6 Å². The number of carbonyl (C=O) groups is 1. The Morgan fingerprint density at radius 1 is 1.21 bits per heavy atom. The van der Waals surface area contributed by atoms with Gasteiger partial charge in [0.2, 0.25) is 18.5 Å². The zero-order valence-corrected chi connectivity index (χ0v) is 18.7. The van der Waals surface area contributed by atoms with Crippen molar-refractivity contribution in [2.45, 2.75) is 38.9 Å². The molecule has 2 aliphatic rings. The Hall–Kier alpha value is -3.95. The van der Waals surface area contributed by atoms with E-state index in [0.29, 0.717) is 46.7 Å². The van der Waals surface area contributed by atoms with E-state index in [0.717, 1.165) is 0 Å². The van der Waals surface area contributed by atoms with Gasteiger partial charge < -0.3 is 19.1 Å². The van der Waals surface area contributed by atoms with Crippen LogP contribution in [-0.4, -0.2) is 50.8 Å². The monoisotopic (exact) mass is 449 g/mol. The molecule has 0 N–H and O–H groups in total. The topological polar surface area (TPSA) is 109 Å². The van der Waals surface area contributed by atoms with Crippen molar-refractivity contribution in [1.82, 2.24) is 19.5 Å². The van der Waals surface area contributed by atoms with Crippen LogP contribution in [-0.2, 0) is 6.54 Å². The van der Waals surface area contributed by atoms with Crippen LogP contribution in [0.2, 0.25) is 0 Å². The first-order valence-corrected chi connectivity index (χ1v) is 10.5. The summed E-state index contributed by atoms with van der Waals surface area (Å²) in [6, 6.07) is 5.83. The van der Waals surface area contributed by atoms with E-state index in [-0.39, 0.29) is 18.1 Å². The Bertz CT molecular complexity index is 1300. The van der Waals surface area contributed by atoms with Crippen molar-refractivity contribution >= 4 is 11.7 Å². The van der Waals surface area contributed by atoms with Crippen LogP contribution >= 0.6 is 0 Å². The highest BCUT2D eigenvalue weighted by Crippen LogP contribution is 2.42. The molecule has 0 aliphatic carbocycles. The third-order valence-electron chi connectivity index (χ3n) is 5.95. The highest BCUT2D eigenvalue weighted by atomic mass is 16.7. The number of carbonyl (C=O) groups excluding carboxylic acids is 1. The zero-order valence-electron chi connectivity index (χ0n) is 18.7. The number of nitrogens with zero attached hydrogens (tertiary/aromatic N) is 5. The molecule has 5 rings (SSSR count). The fourth-order valence-corrected chi connectivity index (χ4v) is 4.46. The number of anilines is 1. The Labute approximate surface area is 189 Å².